The Bertz CT molecular complexity index is 672. The number of hydrogen-bond acceptors (Lipinski definition) is 3. The highest BCUT2D eigenvalue weighted by Crippen LogP contribution is 2.36. The molecule has 1 aliphatic rings. The molecule has 1 N–H and O–H groups in total. The van der Waals surface area contributed by atoms with Crippen molar-refractivity contribution in [3.8, 4) is 11.5 Å². The number of nitrogens with one attached hydrogen (secondary N) is 1. The first-order valence-corrected chi connectivity index (χ1v) is 8.24. The van der Waals surface area contributed by atoms with Gasteiger partial charge in [0.15, 0.2) is 0 Å². The molecule has 0 amide bonds. The summed E-state index contributed by atoms with van der Waals surface area (Å²) in [6.07, 6.45) is 2.24. The summed E-state index contributed by atoms with van der Waals surface area (Å²) < 4.78 is 12.0. The van der Waals surface area contributed by atoms with E-state index in [0.717, 1.165) is 36.4 Å². The maximum absolute atomic E-state index is 5.45. The molecule has 1 unspecified atom stereocenters. The highest BCUT2D eigenvalue weighted by molar-refractivity contribution is 9.10. The highest BCUT2D eigenvalue weighted by Gasteiger charge is 2.23. The van der Waals surface area contributed by atoms with Gasteiger partial charge in [0.05, 0.1) is 14.2 Å². The quantitative estimate of drug-likeness (QED) is 0.863. The van der Waals surface area contributed by atoms with Gasteiger partial charge >= 0.3 is 0 Å². The van der Waals surface area contributed by atoms with Gasteiger partial charge in [-0.3, -0.25) is 0 Å². The number of benzene rings is 2. The summed E-state index contributed by atoms with van der Waals surface area (Å²) in [4.78, 5) is 0. The largest absolute Gasteiger partial charge is 0.497 e. The zero-order valence-corrected chi connectivity index (χ0v) is 14.4. The van der Waals surface area contributed by atoms with Crippen LogP contribution in [0.3, 0.4) is 0 Å². The Labute approximate surface area is 139 Å². The normalized spacial score (nSPS) is 16.4. The van der Waals surface area contributed by atoms with E-state index in [1.165, 1.54) is 15.6 Å². The lowest BCUT2D eigenvalue weighted by Crippen LogP contribution is -2.19. The van der Waals surface area contributed by atoms with E-state index in [1.807, 2.05) is 18.2 Å². The lowest BCUT2D eigenvalue weighted by molar-refractivity contribution is 0.395. The summed E-state index contributed by atoms with van der Waals surface area (Å²) in [5, 5.41) is 3.65. The summed E-state index contributed by atoms with van der Waals surface area (Å²) in [6, 6.07) is 12.7. The molecule has 0 spiro atoms. The molecular formula is C18H20BrNO2. The third-order valence-corrected chi connectivity index (χ3v) is 4.98. The first-order chi connectivity index (χ1) is 10.7. The molecule has 4 heteroatoms. The third kappa shape index (κ3) is 2.99. The second-order valence-electron chi connectivity index (χ2n) is 5.46. The molecule has 1 atom stereocenters. The summed E-state index contributed by atoms with van der Waals surface area (Å²) in [6.45, 7) is 0.761. The van der Waals surface area contributed by atoms with Gasteiger partial charge in [-0.25, -0.2) is 0 Å². The monoisotopic (exact) mass is 361 g/mol. The van der Waals surface area contributed by atoms with E-state index in [4.69, 9.17) is 9.47 Å². The van der Waals surface area contributed by atoms with E-state index in [2.05, 4.69) is 39.4 Å². The molecule has 0 radical (unpaired) electrons. The van der Waals surface area contributed by atoms with Gasteiger partial charge in [-0.2, -0.15) is 0 Å². The molecule has 3 rings (SSSR count). The Hall–Kier alpha value is -1.52. The molecule has 0 aromatic heterocycles. The molecule has 22 heavy (non-hydrogen) atoms. The van der Waals surface area contributed by atoms with Gasteiger partial charge in [0.2, 0.25) is 0 Å². The summed E-state index contributed by atoms with van der Waals surface area (Å²) in [7, 11) is 3.39. The molecule has 0 heterocycles. The van der Waals surface area contributed by atoms with Crippen LogP contribution in [-0.2, 0) is 13.0 Å². The van der Waals surface area contributed by atoms with Crippen LogP contribution in [0.1, 0.15) is 29.2 Å². The van der Waals surface area contributed by atoms with E-state index < -0.39 is 0 Å². The van der Waals surface area contributed by atoms with E-state index in [1.54, 1.807) is 14.2 Å². The van der Waals surface area contributed by atoms with Crippen LogP contribution in [0.25, 0.3) is 0 Å². The number of methoxy groups -OCH3 is 2. The first-order valence-electron chi connectivity index (χ1n) is 7.44. The van der Waals surface area contributed by atoms with Crippen LogP contribution in [-0.4, -0.2) is 14.2 Å². The van der Waals surface area contributed by atoms with Crippen molar-refractivity contribution in [2.24, 2.45) is 0 Å². The fourth-order valence-electron chi connectivity index (χ4n) is 3.07. The molecule has 0 bridgehead atoms. The maximum atomic E-state index is 5.45. The van der Waals surface area contributed by atoms with E-state index in [9.17, 15) is 0 Å². The Balaban J connectivity index is 1.76. The van der Waals surface area contributed by atoms with Gasteiger partial charge in [0.1, 0.15) is 11.5 Å². The predicted octanol–water partition coefficient (Wildman–Crippen LogP) is 4.24. The number of fused-ring (bicyclic) bond motifs is 1. The lowest BCUT2D eigenvalue weighted by Gasteiger charge is -2.16. The zero-order chi connectivity index (χ0) is 15.5. The number of halogens is 1. The number of rotatable bonds is 5. The Morgan fingerprint density at radius 2 is 2.05 bits per heavy atom. The van der Waals surface area contributed by atoms with Crippen LogP contribution in [0.4, 0.5) is 0 Å². The maximum Gasteiger partial charge on any atom is 0.123 e. The fourth-order valence-corrected chi connectivity index (χ4v) is 3.65. The highest BCUT2D eigenvalue weighted by atomic mass is 79.9. The molecule has 1 aliphatic carbocycles. The smallest absolute Gasteiger partial charge is 0.123 e. The average molecular weight is 362 g/mol. The molecule has 3 nitrogen and oxygen atoms in total. The second kappa shape index (κ2) is 6.71. The van der Waals surface area contributed by atoms with Crippen LogP contribution in [0.5, 0.6) is 11.5 Å². The summed E-state index contributed by atoms with van der Waals surface area (Å²) in [5.74, 6) is 1.74. The Morgan fingerprint density at radius 1 is 1.18 bits per heavy atom. The van der Waals surface area contributed by atoms with Crippen LogP contribution in [0.2, 0.25) is 0 Å². The first kappa shape index (κ1) is 15.4. The molecule has 2 aromatic carbocycles. The van der Waals surface area contributed by atoms with Crippen LogP contribution < -0.4 is 14.8 Å². The number of ether oxygens (including phenoxy) is 2. The standard InChI is InChI=1S/C18H20BrNO2/c1-21-13-6-9-18(22-2)12(10-13)11-20-17-8-7-14-15(17)4-3-5-16(14)19/h3-6,9-10,17,20H,7-8,11H2,1-2H3. The van der Waals surface area contributed by atoms with Crippen molar-refractivity contribution in [1.29, 1.82) is 0 Å². The topological polar surface area (TPSA) is 30.5 Å². The van der Waals surface area contributed by atoms with Crippen molar-refractivity contribution in [2.45, 2.75) is 25.4 Å². The van der Waals surface area contributed by atoms with Crippen LogP contribution in [0, 0.1) is 0 Å². The Kier molecular flexibility index (Phi) is 4.69. The molecule has 2 aromatic rings. The molecule has 0 saturated heterocycles. The van der Waals surface area contributed by atoms with Crippen molar-refractivity contribution in [2.75, 3.05) is 14.2 Å². The van der Waals surface area contributed by atoms with Gasteiger partial charge in [-0.05, 0) is 48.2 Å². The minimum atomic E-state index is 0.392. The molecule has 0 saturated carbocycles. The van der Waals surface area contributed by atoms with Crippen LogP contribution >= 0.6 is 15.9 Å². The minimum absolute atomic E-state index is 0.392. The van der Waals surface area contributed by atoms with Crippen molar-refractivity contribution in [3.63, 3.8) is 0 Å². The summed E-state index contributed by atoms with van der Waals surface area (Å²) in [5.41, 5.74) is 3.94. The van der Waals surface area contributed by atoms with Gasteiger partial charge in [-0.15, -0.1) is 0 Å². The van der Waals surface area contributed by atoms with Gasteiger partial charge in [-0.1, -0.05) is 28.1 Å². The van der Waals surface area contributed by atoms with Crippen molar-refractivity contribution >= 4 is 15.9 Å². The van der Waals surface area contributed by atoms with Gasteiger partial charge in [0.25, 0.3) is 0 Å². The van der Waals surface area contributed by atoms with Crippen molar-refractivity contribution < 1.29 is 9.47 Å². The van der Waals surface area contributed by atoms with Crippen molar-refractivity contribution in [1.82, 2.24) is 5.32 Å². The summed E-state index contributed by atoms with van der Waals surface area (Å²) >= 11 is 3.65. The molecule has 0 aliphatic heterocycles. The van der Waals surface area contributed by atoms with E-state index in [-0.39, 0.29) is 0 Å². The Morgan fingerprint density at radius 3 is 2.82 bits per heavy atom. The van der Waals surface area contributed by atoms with Crippen LogP contribution in [0.15, 0.2) is 40.9 Å². The predicted molar refractivity (Wildman–Crippen MR) is 91.6 cm³/mol. The van der Waals surface area contributed by atoms with Gasteiger partial charge < -0.3 is 14.8 Å². The second-order valence-corrected chi connectivity index (χ2v) is 6.31. The van der Waals surface area contributed by atoms with Crippen molar-refractivity contribution in [3.05, 3.63) is 57.6 Å². The van der Waals surface area contributed by atoms with Gasteiger partial charge in [0, 0.05) is 22.6 Å². The molecular weight excluding hydrogens is 342 g/mol. The van der Waals surface area contributed by atoms with E-state index in [0.29, 0.717) is 6.04 Å². The zero-order valence-electron chi connectivity index (χ0n) is 12.9. The lowest BCUT2D eigenvalue weighted by atomic mass is 10.1. The number of hydrogen-bond donors (Lipinski definition) is 1. The SMILES string of the molecule is COc1ccc(OC)c(CNC2CCc3c(Br)cccc32)c1. The third-order valence-electron chi connectivity index (χ3n) is 4.24. The average Bonchev–Trinajstić information content (AvgIpc) is 2.97. The fraction of sp³-hybridized carbons (Fsp3) is 0.333. The minimum Gasteiger partial charge on any atom is -0.497 e. The van der Waals surface area contributed by atoms with E-state index >= 15 is 0 Å². The molecule has 0 fully saturated rings. The molecule has 116 valence electrons.